The van der Waals surface area contributed by atoms with Gasteiger partial charge in [0.25, 0.3) is 5.91 Å². The summed E-state index contributed by atoms with van der Waals surface area (Å²) in [5.41, 5.74) is 4.59. The van der Waals surface area contributed by atoms with Gasteiger partial charge in [0, 0.05) is 42.4 Å². The number of hydrogen-bond donors (Lipinski definition) is 2. The number of nitrogens with one attached hydrogen (secondary N) is 2. The molecule has 1 atom stereocenters. The van der Waals surface area contributed by atoms with Crippen LogP contribution in [0.2, 0.25) is 0 Å². The molecule has 3 aromatic rings. The topological polar surface area (TPSA) is 61.4 Å². The molecule has 0 spiro atoms. The van der Waals surface area contributed by atoms with Crippen LogP contribution in [0.5, 0.6) is 0 Å². The van der Waals surface area contributed by atoms with E-state index >= 15 is 0 Å². The molecule has 1 aliphatic heterocycles. The summed E-state index contributed by atoms with van der Waals surface area (Å²) in [6, 6.07) is 24.5. The lowest BCUT2D eigenvalue weighted by Crippen LogP contribution is -2.32. The van der Waals surface area contributed by atoms with Gasteiger partial charge in [0.1, 0.15) is 0 Å². The highest BCUT2D eigenvalue weighted by Crippen LogP contribution is 2.22. The van der Waals surface area contributed by atoms with Gasteiger partial charge in [0.2, 0.25) is 5.91 Å². The monoisotopic (exact) mass is 473 g/mol. The first-order chi connectivity index (χ1) is 16.6. The van der Waals surface area contributed by atoms with E-state index < -0.39 is 6.04 Å². The number of anilines is 1. The third-order valence-electron chi connectivity index (χ3n) is 6.01. The number of benzene rings is 3. The quantitative estimate of drug-likeness (QED) is 0.481. The smallest absolute Gasteiger partial charge is 0.251 e. The minimum absolute atomic E-state index is 0.133. The van der Waals surface area contributed by atoms with E-state index in [2.05, 4.69) is 27.7 Å². The van der Waals surface area contributed by atoms with E-state index in [0.717, 1.165) is 36.4 Å². The Labute approximate surface area is 205 Å². The molecule has 5 nitrogen and oxygen atoms in total. The predicted molar refractivity (Wildman–Crippen MR) is 140 cm³/mol. The Balaban J connectivity index is 1.41. The summed E-state index contributed by atoms with van der Waals surface area (Å²) < 4.78 is 0. The van der Waals surface area contributed by atoms with Crippen molar-refractivity contribution in [3.63, 3.8) is 0 Å². The summed E-state index contributed by atoms with van der Waals surface area (Å²) >= 11 is 2.01. The van der Waals surface area contributed by atoms with Gasteiger partial charge in [-0.1, -0.05) is 60.7 Å². The van der Waals surface area contributed by atoms with Crippen molar-refractivity contribution in [1.29, 1.82) is 0 Å². The second kappa shape index (κ2) is 11.9. The maximum absolute atomic E-state index is 13.0. The number of nitrogens with zero attached hydrogens (tertiary/aromatic N) is 1. The fourth-order valence-corrected chi connectivity index (χ4v) is 5.12. The van der Waals surface area contributed by atoms with E-state index in [9.17, 15) is 9.59 Å². The third kappa shape index (κ3) is 6.72. The average molecular weight is 474 g/mol. The van der Waals surface area contributed by atoms with Crippen LogP contribution in [0.3, 0.4) is 0 Å². The van der Waals surface area contributed by atoms with Crippen LogP contribution in [-0.2, 0) is 11.3 Å². The SMILES string of the molecule is Cc1cc(CN2CCSCC2)ccc1NC(=O)CC(NC(=O)c1ccccc1)c1ccccc1. The van der Waals surface area contributed by atoms with Gasteiger partial charge in [-0.2, -0.15) is 11.8 Å². The van der Waals surface area contributed by atoms with E-state index in [0.29, 0.717) is 5.56 Å². The molecule has 3 aromatic carbocycles. The highest BCUT2D eigenvalue weighted by Gasteiger charge is 2.20. The minimum Gasteiger partial charge on any atom is -0.345 e. The molecule has 2 N–H and O–H groups in total. The summed E-state index contributed by atoms with van der Waals surface area (Å²) in [7, 11) is 0. The fourth-order valence-electron chi connectivity index (χ4n) is 4.14. The zero-order valence-corrected chi connectivity index (χ0v) is 20.3. The fraction of sp³-hybridized carbons (Fsp3) is 0.286. The molecule has 0 aliphatic carbocycles. The Hall–Kier alpha value is -3.09. The number of aryl methyl sites for hydroxylation is 1. The first-order valence-corrected chi connectivity index (χ1v) is 12.8. The second-order valence-corrected chi connectivity index (χ2v) is 9.82. The van der Waals surface area contributed by atoms with Crippen molar-refractivity contribution < 1.29 is 9.59 Å². The number of rotatable bonds is 8. The molecule has 1 saturated heterocycles. The first kappa shape index (κ1) is 24.0. The normalized spacial score (nSPS) is 14.9. The summed E-state index contributed by atoms with van der Waals surface area (Å²) in [4.78, 5) is 28.2. The van der Waals surface area contributed by atoms with Gasteiger partial charge in [0.05, 0.1) is 12.5 Å². The number of amides is 2. The number of thioether (sulfide) groups is 1. The zero-order valence-electron chi connectivity index (χ0n) is 19.5. The maximum Gasteiger partial charge on any atom is 0.251 e. The van der Waals surface area contributed by atoms with Crippen LogP contribution in [0, 0.1) is 6.92 Å². The highest BCUT2D eigenvalue weighted by atomic mass is 32.2. The Bertz CT molecular complexity index is 1100. The van der Waals surface area contributed by atoms with Gasteiger partial charge < -0.3 is 10.6 Å². The zero-order chi connectivity index (χ0) is 23.8. The number of carbonyl (C=O) groups excluding carboxylic acids is 2. The molecular weight excluding hydrogens is 442 g/mol. The summed E-state index contributed by atoms with van der Waals surface area (Å²) in [5, 5.41) is 6.08. The van der Waals surface area contributed by atoms with Crippen molar-refractivity contribution in [2.45, 2.75) is 25.9 Å². The summed E-state index contributed by atoms with van der Waals surface area (Å²) in [5.74, 6) is 2.05. The third-order valence-corrected chi connectivity index (χ3v) is 6.95. The van der Waals surface area contributed by atoms with Crippen LogP contribution in [0.1, 0.15) is 39.5 Å². The van der Waals surface area contributed by atoms with Gasteiger partial charge in [-0.25, -0.2) is 0 Å². The van der Waals surface area contributed by atoms with Crippen molar-refractivity contribution >= 4 is 29.3 Å². The molecule has 0 bridgehead atoms. The molecule has 176 valence electrons. The lowest BCUT2D eigenvalue weighted by atomic mass is 10.0. The Kier molecular flexibility index (Phi) is 8.39. The van der Waals surface area contributed by atoms with Crippen LogP contribution < -0.4 is 10.6 Å². The van der Waals surface area contributed by atoms with Gasteiger partial charge in [-0.05, 0) is 41.8 Å². The van der Waals surface area contributed by atoms with E-state index in [1.807, 2.05) is 73.3 Å². The lowest BCUT2D eigenvalue weighted by Gasteiger charge is -2.26. The Morgan fingerprint density at radius 2 is 1.62 bits per heavy atom. The van der Waals surface area contributed by atoms with Crippen molar-refractivity contribution in [2.24, 2.45) is 0 Å². The molecule has 0 radical (unpaired) electrons. The van der Waals surface area contributed by atoms with Crippen LogP contribution in [0.15, 0.2) is 78.9 Å². The minimum atomic E-state index is -0.426. The summed E-state index contributed by atoms with van der Waals surface area (Å²) in [6.45, 7) is 5.21. The van der Waals surface area contributed by atoms with Crippen molar-refractivity contribution in [3.8, 4) is 0 Å². The number of hydrogen-bond acceptors (Lipinski definition) is 4. The molecule has 0 aromatic heterocycles. The molecule has 1 heterocycles. The van der Waals surface area contributed by atoms with E-state index in [1.165, 1.54) is 17.1 Å². The van der Waals surface area contributed by atoms with Gasteiger partial charge >= 0.3 is 0 Å². The van der Waals surface area contributed by atoms with E-state index in [4.69, 9.17) is 0 Å². The standard InChI is InChI=1S/C28H31N3O2S/c1-21-18-22(20-31-14-16-34-17-15-31)12-13-25(21)29-27(32)19-26(23-8-4-2-5-9-23)30-28(33)24-10-6-3-7-11-24/h2-13,18,26H,14-17,19-20H2,1H3,(H,29,32)(H,30,33). The van der Waals surface area contributed by atoms with Crippen LogP contribution in [0.25, 0.3) is 0 Å². The highest BCUT2D eigenvalue weighted by molar-refractivity contribution is 7.99. The Morgan fingerprint density at radius 3 is 2.29 bits per heavy atom. The van der Waals surface area contributed by atoms with Crippen LogP contribution in [0.4, 0.5) is 5.69 Å². The van der Waals surface area contributed by atoms with Gasteiger partial charge in [-0.3, -0.25) is 14.5 Å². The molecule has 4 rings (SSSR count). The second-order valence-electron chi connectivity index (χ2n) is 8.59. The Morgan fingerprint density at radius 1 is 0.941 bits per heavy atom. The number of carbonyl (C=O) groups is 2. The first-order valence-electron chi connectivity index (χ1n) is 11.7. The molecule has 0 saturated carbocycles. The molecule has 1 unspecified atom stereocenters. The molecule has 1 aliphatic rings. The lowest BCUT2D eigenvalue weighted by molar-refractivity contribution is -0.116. The van der Waals surface area contributed by atoms with Crippen molar-refractivity contribution in [3.05, 3.63) is 101 Å². The largest absolute Gasteiger partial charge is 0.345 e. The molecule has 1 fully saturated rings. The maximum atomic E-state index is 13.0. The van der Waals surface area contributed by atoms with E-state index in [-0.39, 0.29) is 18.2 Å². The van der Waals surface area contributed by atoms with Crippen LogP contribution in [-0.4, -0.2) is 41.3 Å². The molecule has 34 heavy (non-hydrogen) atoms. The molecular formula is C28H31N3O2S. The van der Waals surface area contributed by atoms with Gasteiger partial charge in [0.15, 0.2) is 0 Å². The van der Waals surface area contributed by atoms with Crippen molar-refractivity contribution in [1.82, 2.24) is 10.2 Å². The molecule has 6 heteroatoms. The van der Waals surface area contributed by atoms with Crippen LogP contribution >= 0.6 is 11.8 Å². The molecule has 2 amide bonds. The van der Waals surface area contributed by atoms with E-state index in [1.54, 1.807) is 12.1 Å². The summed E-state index contributed by atoms with van der Waals surface area (Å²) in [6.07, 6.45) is 0.148. The average Bonchev–Trinajstić information content (AvgIpc) is 2.87. The van der Waals surface area contributed by atoms with Gasteiger partial charge in [-0.15, -0.1) is 0 Å². The predicted octanol–water partition coefficient (Wildman–Crippen LogP) is 5.04. The van der Waals surface area contributed by atoms with Crippen molar-refractivity contribution in [2.75, 3.05) is 29.9 Å².